The Hall–Kier alpha value is -2.98. The zero-order chi connectivity index (χ0) is 20.1. The summed E-state index contributed by atoms with van der Waals surface area (Å²) in [6.45, 7) is 5.64. The van der Waals surface area contributed by atoms with Crippen LogP contribution in [0.5, 0.6) is 0 Å². The number of anilines is 2. The van der Waals surface area contributed by atoms with Crippen LogP contribution in [0.2, 0.25) is 0 Å². The Morgan fingerprint density at radius 3 is 2.66 bits per heavy atom. The number of pyridine rings is 1. The standard InChI is InChI=1S/C19H22N8OS/c1-2-15-11-16(23-18(22-15)14-3-5-20-6-4-14)27-9-7-26(8-10-27)12-17(28)24-19-25-21-13-29-19/h3-6,11,13H,2,7-10,12H2,1H3,(H,24,25,28). The van der Waals surface area contributed by atoms with Crippen LogP contribution in [0.15, 0.2) is 36.1 Å². The third-order valence-corrected chi connectivity index (χ3v) is 5.34. The molecule has 1 N–H and O–H groups in total. The minimum absolute atomic E-state index is 0.0644. The summed E-state index contributed by atoms with van der Waals surface area (Å²) in [6, 6.07) is 5.91. The molecular weight excluding hydrogens is 388 g/mol. The number of carbonyl (C=O) groups excluding carboxylic acids is 1. The van der Waals surface area contributed by atoms with Gasteiger partial charge in [-0.2, -0.15) is 0 Å². The maximum absolute atomic E-state index is 12.2. The van der Waals surface area contributed by atoms with Crippen molar-refractivity contribution >= 4 is 28.2 Å². The lowest BCUT2D eigenvalue weighted by atomic mass is 10.2. The lowest BCUT2D eigenvalue weighted by Gasteiger charge is -2.35. The molecule has 4 rings (SSSR count). The summed E-state index contributed by atoms with van der Waals surface area (Å²) in [5.41, 5.74) is 3.57. The van der Waals surface area contributed by atoms with Gasteiger partial charge in [0.15, 0.2) is 5.82 Å². The van der Waals surface area contributed by atoms with Crippen LogP contribution in [0.1, 0.15) is 12.6 Å². The van der Waals surface area contributed by atoms with Crippen molar-refractivity contribution in [1.82, 2.24) is 30.0 Å². The summed E-state index contributed by atoms with van der Waals surface area (Å²) < 4.78 is 0. The van der Waals surface area contributed by atoms with Crippen LogP contribution >= 0.6 is 11.3 Å². The minimum Gasteiger partial charge on any atom is -0.354 e. The summed E-state index contributed by atoms with van der Waals surface area (Å²) in [5, 5.41) is 10.9. The van der Waals surface area contributed by atoms with E-state index >= 15 is 0 Å². The second kappa shape index (κ2) is 9.01. The second-order valence-electron chi connectivity index (χ2n) is 6.69. The molecule has 1 saturated heterocycles. The number of nitrogens with zero attached hydrogens (tertiary/aromatic N) is 7. The van der Waals surface area contributed by atoms with Gasteiger partial charge in [-0.25, -0.2) is 9.97 Å². The van der Waals surface area contributed by atoms with Gasteiger partial charge < -0.3 is 4.90 Å². The third-order valence-electron chi connectivity index (χ3n) is 4.74. The first-order valence-electron chi connectivity index (χ1n) is 9.53. The van der Waals surface area contributed by atoms with E-state index in [4.69, 9.17) is 4.98 Å². The normalized spacial score (nSPS) is 14.7. The molecular formula is C19H22N8OS. The molecule has 1 aliphatic heterocycles. The van der Waals surface area contributed by atoms with Gasteiger partial charge in [0.25, 0.3) is 0 Å². The largest absolute Gasteiger partial charge is 0.354 e. The molecule has 0 aliphatic carbocycles. The van der Waals surface area contributed by atoms with Gasteiger partial charge in [0.1, 0.15) is 11.3 Å². The Bertz CT molecular complexity index is 942. The van der Waals surface area contributed by atoms with Crippen LogP contribution in [0.25, 0.3) is 11.4 Å². The fourth-order valence-corrected chi connectivity index (χ4v) is 3.64. The van der Waals surface area contributed by atoms with E-state index in [2.05, 4.69) is 48.3 Å². The molecule has 0 spiro atoms. The lowest BCUT2D eigenvalue weighted by Crippen LogP contribution is -2.49. The molecule has 1 aliphatic rings. The Balaban J connectivity index is 1.39. The van der Waals surface area contributed by atoms with Gasteiger partial charge in [0, 0.05) is 55.9 Å². The summed E-state index contributed by atoms with van der Waals surface area (Å²) in [4.78, 5) is 30.1. The van der Waals surface area contributed by atoms with E-state index in [0.717, 1.165) is 55.5 Å². The van der Waals surface area contributed by atoms with Gasteiger partial charge in [-0.3, -0.25) is 20.0 Å². The number of amides is 1. The van der Waals surface area contributed by atoms with E-state index in [-0.39, 0.29) is 5.91 Å². The molecule has 9 nitrogen and oxygen atoms in total. The summed E-state index contributed by atoms with van der Waals surface area (Å²) in [6.07, 6.45) is 4.35. The predicted molar refractivity (Wildman–Crippen MR) is 112 cm³/mol. The number of hydrogen-bond donors (Lipinski definition) is 1. The summed E-state index contributed by atoms with van der Waals surface area (Å²) >= 11 is 1.31. The molecule has 29 heavy (non-hydrogen) atoms. The van der Waals surface area contributed by atoms with E-state index in [1.807, 2.05) is 12.1 Å². The maximum atomic E-state index is 12.2. The average Bonchev–Trinajstić information content (AvgIpc) is 3.27. The topological polar surface area (TPSA) is 100 Å². The van der Waals surface area contributed by atoms with E-state index in [0.29, 0.717) is 11.7 Å². The zero-order valence-electron chi connectivity index (χ0n) is 16.2. The second-order valence-corrected chi connectivity index (χ2v) is 7.52. The van der Waals surface area contributed by atoms with Crippen molar-refractivity contribution in [2.45, 2.75) is 13.3 Å². The van der Waals surface area contributed by atoms with Crippen molar-refractivity contribution in [3.05, 3.63) is 41.8 Å². The molecule has 150 valence electrons. The molecule has 0 radical (unpaired) electrons. The van der Waals surface area contributed by atoms with Gasteiger partial charge in [0.05, 0.1) is 6.54 Å². The first-order chi connectivity index (χ1) is 14.2. The molecule has 4 heterocycles. The molecule has 0 unspecified atom stereocenters. The fraction of sp³-hybridized carbons (Fsp3) is 0.368. The first kappa shape index (κ1) is 19.3. The van der Waals surface area contributed by atoms with Gasteiger partial charge in [-0.05, 0) is 18.6 Å². The van der Waals surface area contributed by atoms with Crippen LogP contribution in [0.3, 0.4) is 0 Å². The van der Waals surface area contributed by atoms with Gasteiger partial charge in [-0.15, -0.1) is 10.2 Å². The van der Waals surface area contributed by atoms with Crippen LogP contribution in [-0.4, -0.2) is 68.7 Å². The number of carbonyl (C=O) groups is 1. The quantitative estimate of drug-likeness (QED) is 0.656. The molecule has 0 atom stereocenters. The van der Waals surface area contributed by atoms with E-state index in [1.54, 1.807) is 17.9 Å². The van der Waals surface area contributed by atoms with Crippen molar-refractivity contribution < 1.29 is 4.79 Å². The van der Waals surface area contributed by atoms with Gasteiger partial charge >= 0.3 is 0 Å². The molecule has 10 heteroatoms. The number of aromatic nitrogens is 5. The lowest BCUT2D eigenvalue weighted by molar-refractivity contribution is -0.117. The number of hydrogen-bond acceptors (Lipinski definition) is 9. The minimum atomic E-state index is -0.0644. The van der Waals surface area contributed by atoms with Crippen molar-refractivity contribution in [3.63, 3.8) is 0 Å². The number of aryl methyl sites for hydroxylation is 1. The van der Waals surface area contributed by atoms with Crippen LogP contribution < -0.4 is 10.2 Å². The molecule has 1 amide bonds. The van der Waals surface area contributed by atoms with E-state index in [1.165, 1.54) is 11.3 Å². The first-order valence-corrected chi connectivity index (χ1v) is 10.4. The zero-order valence-corrected chi connectivity index (χ0v) is 17.0. The fourth-order valence-electron chi connectivity index (χ4n) is 3.18. The Morgan fingerprint density at radius 2 is 1.97 bits per heavy atom. The Morgan fingerprint density at radius 1 is 1.17 bits per heavy atom. The molecule has 1 fully saturated rings. The number of nitrogens with one attached hydrogen (secondary N) is 1. The van der Waals surface area contributed by atoms with Gasteiger partial charge in [-0.1, -0.05) is 18.3 Å². The van der Waals surface area contributed by atoms with Crippen molar-refractivity contribution in [2.24, 2.45) is 0 Å². The highest BCUT2D eigenvalue weighted by atomic mass is 32.1. The van der Waals surface area contributed by atoms with Crippen LogP contribution in [0.4, 0.5) is 10.9 Å². The Kier molecular flexibility index (Phi) is 6.01. The maximum Gasteiger partial charge on any atom is 0.240 e. The average molecular weight is 411 g/mol. The van der Waals surface area contributed by atoms with Gasteiger partial charge in [0.2, 0.25) is 11.0 Å². The Labute approximate surface area is 172 Å². The van der Waals surface area contributed by atoms with Crippen LogP contribution in [-0.2, 0) is 11.2 Å². The highest BCUT2D eigenvalue weighted by molar-refractivity contribution is 7.13. The summed E-state index contributed by atoms with van der Waals surface area (Å²) in [5.74, 6) is 1.59. The molecule has 3 aromatic rings. The van der Waals surface area contributed by atoms with Crippen molar-refractivity contribution in [3.8, 4) is 11.4 Å². The number of rotatable bonds is 6. The molecule has 0 saturated carbocycles. The molecule has 0 bridgehead atoms. The van der Waals surface area contributed by atoms with Crippen molar-refractivity contribution in [2.75, 3.05) is 42.9 Å². The third kappa shape index (κ3) is 4.90. The number of piperazine rings is 1. The monoisotopic (exact) mass is 410 g/mol. The SMILES string of the molecule is CCc1cc(N2CCN(CC(=O)Nc3nncs3)CC2)nc(-c2ccncc2)n1. The van der Waals surface area contributed by atoms with Crippen molar-refractivity contribution in [1.29, 1.82) is 0 Å². The highest BCUT2D eigenvalue weighted by Crippen LogP contribution is 2.21. The molecule has 0 aromatic carbocycles. The van der Waals surface area contributed by atoms with E-state index < -0.39 is 0 Å². The predicted octanol–water partition coefficient (Wildman–Crippen LogP) is 1.71. The summed E-state index contributed by atoms with van der Waals surface area (Å²) in [7, 11) is 0. The van der Waals surface area contributed by atoms with E-state index in [9.17, 15) is 4.79 Å². The highest BCUT2D eigenvalue weighted by Gasteiger charge is 2.21. The van der Waals surface area contributed by atoms with Crippen LogP contribution in [0, 0.1) is 0 Å². The molecule has 3 aromatic heterocycles. The smallest absolute Gasteiger partial charge is 0.240 e.